The van der Waals surface area contributed by atoms with Crippen LogP contribution in [0.5, 0.6) is 0 Å². The van der Waals surface area contributed by atoms with Crippen molar-refractivity contribution in [1.82, 2.24) is 4.90 Å². The Labute approximate surface area is 184 Å². The van der Waals surface area contributed by atoms with Crippen molar-refractivity contribution in [3.05, 3.63) is 63.6 Å². The highest BCUT2D eigenvalue weighted by molar-refractivity contribution is 6.36. The Morgan fingerprint density at radius 1 is 1.10 bits per heavy atom. The number of esters is 1. The Bertz CT molecular complexity index is 1010. The molecule has 0 aliphatic carbocycles. The lowest BCUT2D eigenvalue weighted by molar-refractivity contribution is -0.148. The first-order valence-electron chi connectivity index (χ1n) is 9.79. The average molecular weight is 447 g/mol. The van der Waals surface area contributed by atoms with Crippen molar-refractivity contribution in [2.45, 2.75) is 37.8 Å². The van der Waals surface area contributed by atoms with Gasteiger partial charge in [-0.2, -0.15) is 0 Å². The van der Waals surface area contributed by atoms with E-state index in [9.17, 15) is 14.4 Å². The van der Waals surface area contributed by atoms with Gasteiger partial charge in [-0.3, -0.25) is 9.59 Å². The second kappa shape index (κ2) is 8.66. The second-order valence-corrected chi connectivity index (χ2v) is 8.26. The molecule has 0 aromatic heterocycles. The molecule has 4 rings (SSSR count). The van der Waals surface area contributed by atoms with Crippen LogP contribution in [0, 0.1) is 0 Å². The number of anilines is 1. The van der Waals surface area contributed by atoms with Gasteiger partial charge < -0.3 is 15.0 Å². The Morgan fingerprint density at radius 3 is 2.70 bits per heavy atom. The number of carbonyl (C=O) groups excluding carboxylic acids is 3. The van der Waals surface area contributed by atoms with Crippen molar-refractivity contribution in [3.63, 3.8) is 0 Å². The van der Waals surface area contributed by atoms with E-state index in [0.29, 0.717) is 40.7 Å². The first-order valence-corrected chi connectivity index (χ1v) is 10.5. The fourth-order valence-corrected chi connectivity index (χ4v) is 4.38. The average Bonchev–Trinajstić information content (AvgIpc) is 2.75. The summed E-state index contributed by atoms with van der Waals surface area (Å²) in [6.07, 6.45) is 1.51. The minimum Gasteiger partial charge on any atom is -0.448 e. The molecule has 2 amide bonds. The third-order valence-electron chi connectivity index (χ3n) is 5.44. The number of likely N-dealkylation sites (tertiary alicyclic amines) is 1. The predicted octanol–water partition coefficient (Wildman–Crippen LogP) is 4.09. The molecule has 0 bridgehead atoms. The Balaban J connectivity index is 1.51. The quantitative estimate of drug-likeness (QED) is 0.720. The lowest BCUT2D eigenvalue weighted by Gasteiger charge is -2.37. The fraction of sp³-hybridized carbons (Fsp3) is 0.318. The van der Waals surface area contributed by atoms with Crippen LogP contribution in [0.25, 0.3) is 0 Å². The molecule has 1 N–H and O–H groups in total. The molecule has 1 saturated heterocycles. The molecule has 2 aliphatic heterocycles. The number of cyclic esters (lactones) is 1. The van der Waals surface area contributed by atoms with Crippen molar-refractivity contribution in [3.8, 4) is 0 Å². The highest BCUT2D eigenvalue weighted by Crippen LogP contribution is 2.28. The third kappa shape index (κ3) is 4.16. The Hall–Kier alpha value is -2.57. The van der Waals surface area contributed by atoms with Crippen LogP contribution in [0.3, 0.4) is 0 Å². The maximum absolute atomic E-state index is 13.2. The van der Waals surface area contributed by atoms with E-state index in [4.69, 9.17) is 27.9 Å². The number of carbonyl (C=O) groups is 3. The van der Waals surface area contributed by atoms with E-state index in [-0.39, 0.29) is 11.8 Å². The number of amides is 2. The summed E-state index contributed by atoms with van der Waals surface area (Å²) in [5.41, 5.74) is 1.69. The van der Waals surface area contributed by atoms with Crippen LogP contribution < -0.4 is 5.32 Å². The van der Waals surface area contributed by atoms with Crippen LogP contribution in [-0.2, 0) is 20.7 Å². The van der Waals surface area contributed by atoms with Gasteiger partial charge in [0.2, 0.25) is 5.91 Å². The topological polar surface area (TPSA) is 75.7 Å². The van der Waals surface area contributed by atoms with Gasteiger partial charge in [0, 0.05) is 18.0 Å². The number of nitrogens with zero attached hydrogens (tertiary/aromatic N) is 1. The summed E-state index contributed by atoms with van der Waals surface area (Å²) >= 11 is 12.1. The van der Waals surface area contributed by atoms with E-state index in [1.165, 1.54) is 4.90 Å². The Morgan fingerprint density at radius 2 is 1.90 bits per heavy atom. The molecule has 0 unspecified atom stereocenters. The molecule has 0 spiro atoms. The van der Waals surface area contributed by atoms with Gasteiger partial charge in [-0.05, 0) is 49.1 Å². The maximum Gasteiger partial charge on any atom is 0.339 e. The number of fused-ring (bicyclic) bond motifs is 1. The highest BCUT2D eigenvalue weighted by atomic mass is 35.5. The maximum atomic E-state index is 13.2. The van der Waals surface area contributed by atoms with Gasteiger partial charge in [0.05, 0.1) is 16.3 Å². The SMILES string of the molecule is O=C1O[C@H](C(=O)N2CCCC[C@@H]2C(=O)Nc2ccc(Cl)cc2Cl)Cc2ccccc21. The zero-order valence-corrected chi connectivity index (χ0v) is 17.6. The smallest absolute Gasteiger partial charge is 0.339 e. The molecule has 156 valence electrons. The van der Waals surface area contributed by atoms with Crippen LogP contribution in [0.4, 0.5) is 5.69 Å². The number of rotatable bonds is 3. The molecule has 0 saturated carbocycles. The van der Waals surface area contributed by atoms with Gasteiger partial charge in [-0.1, -0.05) is 41.4 Å². The number of ether oxygens (including phenoxy) is 1. The number of hydrogen-bond acceptors (Lipinski definition) is 4. The van der Waals surface area contributed by atoms with Crippen LogP contribution in [0.15, 0.2) is 42.5 Å². The summed E-state index contributed by atoms with van der Waals surface area (Å²) in [6.45, 7) is 0.432. The molecule has 2 aliphatic rings. The summed E-state index contributed by atoms with van der Waals surface area (Å²) in [7, 11) is 0. The first kappa shape index (κ1) is 20.7. The fourth-order valence-electron chi connectivity index (χ4n) is 3.93. The molecule has 0 radical (unpaired) electrons. The zero-order chi connectivity index (χ0) is 21.3. The van der Waals surface area contributed by atoms with Crippen molar-refractivity contribution >= 4 is 46.7 Å². The normalized spacial score (nSPS) is 20.9. The molecule has 6 nitrogen and oxygen atoms in total. The number of piperidine rings is 1. The lowest BCUT2D eigenvalue weighted by atomic mass is 9.95. The minimum absolute atomic E-state index is 0.300. The summed E-state index contributed by atoms with van der Waals surface area (Å²) in [6, 6.07) is 11.2. The molecule has 2 aromatic carbocycles. The molecule has 2 heterocycles. The molecule has 2 atom stereocenters. The van der Waals surface area contributed by atoms with Gasteiger partial charge in [0.15, 0.2) is 6.10 Å². The van der Waals surface area contributed by atoms with Gasteiger partial charge in [0.25, 0.3) is 5.91 Å². The van der Waals surface area contributed by atoms with Gasteiger partial charge in [0.1, 0.15) is 6.04 Å². The van der Waals surface area contributed by atoms with Crippen LogP contribution in [0.1, 0.15) is 35.2 Å². The summed E-state index contributed by atoms with van der Waals surface area (Å²) in [5.74, 6) is -1.18. The molecular formula is C22H20Cl2N2O4. The van der Waals surface area contributed by atoms with Crippen molar-refractivity contribution in [1.29, 1.82) is 0 Å². The number of nitrogens with one attached hydrogen (secondary N) is 1. The van der Waals surface area contributed by atoms with E-state index in [1.807, 2.05) is 12.1 Å². The van der Waals surface area contributed by atoms with E-state index in [1.54, 1.807) is 30.3 Å². The number of hydrogen-bond donors (Lipinski definition) is 1. The van der Waals surface area contributed by atoms with Crippen LogP contribution >= 0.6 is 23.2 Å². The third-order valence-corrected chi connectivity index (χ3v) is 5.99. The van der Waals surface area contributed by atoms with E-state index in [2.05, 4.69) is 5.32 Å². The minimum atomic E-state index is -0.931. The van der Waals surface area contributed by atoms with E-state index >= 15 is 0 Å². The second-order valence-electron chi connectivity index (χ2n) is 7.41. The van der Waals surface area contributed by atoms with Gasteiger partial charge in [-0.15, -0.1) is 0 Å². The monoisotopic (exact) mass is 446 g/mol. The molecule has 2 aromatic rings. The standard InChI is InChI=1S/C22H20Cl2N2O4/c23-14-8-9-17(16(24)12-14)25-20(27)18-7-3-4-10-26(18)21(28)19-11-13-5-1-2-6-15(13)22(29)30-19/h1-2,5-6,8-9,12,18-19H,3-4,7,10-11H2,(H,25,27)/t18-,19+/m1/s1. The molecular weight excluding hydrogens is 427 g/mol. The van der Waals surface area contributed by atoms with Crippen molar-refractivity contribution in [2.24, 2.45) is 0 Å². The van der Waals surface area contributed by atoms with Crippen molar-refractivity contribution < 1.29 is 19.1 Å². The Kier molecular flexibility index (Phi) is 5.97. The van der Waals surface area contributed by atoms with E-state index in [0.717, 1.165) is 18.4 Å². The van der Waals surface area contributed by atoms with Crippen molar-refractivity contribution in [2.75, 3.05) is 11.9 Å². The van der Waals surface area contributed by atoms with Gasteiger partial charge >= 0.3 is 5.97 Å². The number of benzene rings is 2. The molecule has 1 fully saturated rings. The highest BCUT2D eigenvalue weighted by Gasteiger charge is 2.39. The van der Waals surface area contributed by atoms with Gasteiger partial charge in [-0.25, -0.2) is 4.79 Å². The summed E-state index contributed by atoms with van der Waals surface area (Å²) in [5, 5.41) is 3.57. The van der Waals surface area contributed by atoms with Crippen LogP contribution in [-0.4, -0.2) is 41.4 Å². The largest absolute Gasteiger partial charge is 0.448 e. The zero-order valence-electron chi connectivity index (χ0n) is 16.1. The summed E-state index contributed by atoms with van der Waals surface area (Å²) in [4.78, 5) is 40.0. The van der Waals surface area contributed by atoms with Crippen LogP contribution in [0.2, 0.25) is 10.0 Å². The molecule has 8 heteroatoms. The van der Waals surface area contributed by atoms with E-state index < -0.39 is 18.1 Å². The first-order chi connectivity index (χ1) is 14.4. The molecule has 30 heavy (non-hydrogen) atoms. The number of halogens is 2. The summed E-state index contributed by atoms with van der Waals surface area (Å²) < 4.78 is 5.41. The lowest BCUT2D eigenvalue weighted by Crippen LogP contribution is -2.54. The predicted molar refractivity (Wildman–Crippen MR) is 114 cm³/mol.